The minimum atomic E-state index is -0.520. The van der Waals surface area contributed by atoms with E-state index < -0.39 is 5.97 Å². The van der Waals surface area contributed by atoms with Crippen molar-refractivity contribution in [3.05, 3.63) is 33.8 Å². The van der Waals surface area contributed by atoms with Gasteiger partial charge in [0.25, 0.3) is 5.91 Å². The molecule has 1 amide bonds. The van der Waals surface area contributed by atoms with E-state index in [1.807, 2.05) is 0 Å². The number of rotatable bonds is 5. The Labute approximate surface area is 140 Å². The summed E-state index contributed by atoms with van der Waals surface area (Å²) in [6.07, 6.45) is 5.44. The van der Waals surface area contributed by atoms with E-state index in [-0.39, 0.29) is 25.0 Å². The molecule has 0 unspecified atom stereocenters. The molecule has 1 N–H and O–H groups in total. The van der Waals surface area contributed by atoms with E-state index in [0.29, 0.717) is 15.6 Å². The number of ether oxygens (including phenoxy) is 1. The van der Waals surface area contributed by atoms with Crippen LogP contribution in [0.25, 0.3) is 0 Å². The average Bonchev–Trinajstić information content (AvgIpc) is 2.50. The first-order valence-corrected chi connectivity index (χ1v) is 8.19. The maximum Gasteiger partial charge on any atom is 0.310 e. The zero-order valence-electron chi connectivity index (χ0n) is 12.2. The molecule has 0 saturated heterocycles. The lowest BCUT2D eigenvalue weighted by molar-refractivity contribution is -0.148. The lowest BCUT2D eigenvalue weighted by Crippen LogP contribution is -2.38. The van der Waals surface area contributed by atoms with Crippen molar-refractivity contribution in [3.63, 3.8) is 0 Å². The van der Waals surface area contributed by atoms with Crippen molar-refractivity contribution in [2.75, 3.05) is 6.61 Å². The van der Waals surface area contributed by atoms with Gasteiger partial charge in [0.1, 0.15) is 0 Å². The van der Waals surface area contributed by atoms with Crippen LogP contribution in [0.3, 0.4) is 0 Å². The van der Waals surface area contributed by atoms with Crippen LogP contribution in [0.15, 0.2) is 18.2 Å². The fourth-order valence-corrected chi connectivity index (χ4v) is 3.09. The Kier molecular flexibility index (Phi) is 6.52. The molecule has 1 aliphatic rings. The average molecular weight is 344 g/mol. The Morgan fingerprint density at radius 2 is 1.77 bits per heavy atom. The fourth-order valence-electron chi connectivity index (χ4n) is 2.56. The van der Waals surface area contributed by atoms with Crippen molar-refractivity contribution < 1.29 is 14.3 Å². The maximum atomic E-state index is 11.8. The van der Waals surface area contributed by atoms with Crippen LogP contribution in [0.5, 0.6) is 0 Å². The molecule has 0 aliphatic heterocycles. The quantitative estimate of drug-likeness (QED) is 0.832. The summed E-state index contributed by atoms with van der Waals surface area (Å²) >= 11 is 12.0. The van der Waals surface area contributed by atoms with E-state index >= 15 is 0 Å². The number of benzene rings is 1. The minimum Gasteiger partial charge on any atom is -0.455 e. The highest BCUT2D eigenvalue weighted by Gasteiger charge is 2.17. The first kappa shape index (κ1) is 17.1. The molecule has 1 aromatic carbocycles. The summed E-state index contributed by atoms with van der Waals surface area (Å²) in [4.78, 5) is 23.6. The number of carbonyl (C=O) groups excluding carboxylic acids is 2. The Morgan fingerprint density at radius 3 is 2.41 bits per heavy atom. The van der Waals surface area contributed by atoms with E-state index in [9.17, 15) is 9.59 Å². The first-order valence-electron chi connectivity index (χ1n) is 7.44. The smallest absolute Gasteiger partial charge is 0.310 e. The van der Waals surface area contributed by atoms with Gasteiger partial charge in [-0.2, -0.15) is 0 Å². The summed E-state index contributed by atoms with van der Waals surface area (Å²) in [5.41, 5.74) is 0.517. The van der Waals surface area contributed by atoms with E-state index in [1.165, 1.54) is 6.42 Å². The van der Waals surface area contributed by atoms with Gasteiger partial charge in [-0.3, -0.25) is 9.59 Å². The second-order valence-corrected chi connectivity index (χ2v) is 6.25. The molecule has 120 valence electrons. The van der Waals surface area contributed by atoms with Crippen molar-refractivity contribution in [2.24, 2.45) is 0 Å². The van der Waals surface area contributed by atoms with Gasteiger partial charge in [-0.15, -0.1) is 0 Å². The number of hydrogen-bond donors (Lipinski definition) is 1. The van der Waals surface area contributed by atoms with Gasteiger partial charge in [-0.05, 0) is 25.0 Å². The van der Waals surface area contributed by atoms with Crippen LogP contribution < -0.4 is 5.32 Å². The van der Waals surface area contributed by atoms with Gasteiger partial charge >= 0.3 is 5.97 Å². The van der Waals surface area contributed by atoms with Crippen molar-refractivity contribution in [1.29, 1.82) is 0 Å². The molecule has 2 rings (SSSR count). The molecule has 1 fully saturated rings. The topological polar surface area (TPSA) is 55.4 Å². The Balaban J connectivity index is 1.76. The SMILES string of the molecule is O=C(COC(=O)Cc1c(Cl)cccc1Cl)NC1CCCCC1. The van der Waals surface area contributed by atoms with Crippen LogP contribution >= 0.6 is 23.2 Å². The minimum absolute atomic E-state index is 0.0464. The van der Waals surface area contributed by atoms with Gasteiger partial charge in [0.2, 0.25) is 0 Å². The molecule has 0 atom stereocenters. The van der Waals surface area contributed by atoms with Gasteiger partial charge in [0.15, 0.2) is 6.61 Å². The number of halogens is 2. The Morgan fingerprint density at radius 1 is 1.14 bits per heavy atom. The third-order valence-electron chi connectivity index (χ3n) is 3.72. The normalized spacial score (nSPS) is 15.4. The summed E-state index contributed by atoms with van der Waals surface area (Å²) in [7, 11) is 0. The van der Waals surface area contributed by atoms with E-state index in [4.69, 9.17) is 27.9 Å². The standard InChI is InChI=1S/C16H19Cl2NO3/c17-13-7-4-8-14(18)12(13)9-16(21)22-10-15(20)19-11-5-2-1-3-6-11/h4,7-8,11H,1-3,5-6,9-10H2,(H,19,20). The molecule has 1 aromatic rings. The largest absolute Gasteiger partial charge is 0.455 e. The lowest BCUT2D eigenvalue weighted by Gasteiger charge is -2.22. The molecule has 4 nitrogen and oxygen atoms in total. The van der Waals surface area contributed by atoms with Crippen LogP contribution in [0.2, 0.25) is 10.0 Å². The number of nitrogens with one attached hydrogen (secondary N) is 1. The molecule has 0 bridgehead atoms. The maximum absolute atomic E-state index is 11.8. The van der Waals surface area contributed by atoms with E-state index in [1.54, 1.807) is 18.2 Å². The molecule has 6 heteroatoms. The third kappa shape index (κ3) is 5.18. The van der Waals surface area contributed by atoms with Crippen molar-refractivity contribution >= 4 is 35.1 Å². The molecule has 22 heavy (non-hydrogen) atoms. The van der Waals surface area contributed by atoms with Crippen LogP contribution in [0.4, 0.5) is 0 Å². The highest BCUT2D eigenvalue weighted by molar-refractivity contribution is 6.36. The molecular weight excluding hydrogens is 325 g/mol. The number of amides is 1. The monoisotopic (exact) mass is 343 g/mol. The Bertz CT molecular complexity index is 522. The van der Waals surface area contributed by atoms with Gasteiger partial charge in [0.05, 0.1) is 6.42 Å². The summed E-state index contributed by atoms with van der Waals surface area (Å²) in [6, 6.07) is 5.23. The van der Waals surface area contributed by atoms with Crippen molar-refractivity contribution in [1.82, 2.24) is 5.32 Å². The number of esters is 1. The van der Waals surface area contributed by atoms with Gasteiger partial charge in [-0.25, -0.2) is 0 Å². The fraction of sp³-hybridized carbons (Fsp3) is 0.500. The number of carbonyl (C=O) groups is 2. The van der Waals surface area contributed by atoms with E-state index in [0.717, 1.165) is 25.7 Å². The molecule has 0 radical (unpaired) electrons. The molecule has 0 aromatic heterocycles. The summed E-state index contributed by atoms with van der Waals surface area (Å²) in [6.45, 7) is -0.266. The summed E-state index contributed by atoms with van der Waals surface area (Å²) in [5.74, 6) is -0.778. The van der Waals surface area contributed by atoms with Crippen LogP contribution in [-0.4, -0.2) is 24.5 Å². The predicted octanol–water partition coefficient (Wildman–Crippen LogP) is 3.53. The van der Waals surface area contributed by atoms with Gasteiger partial charge in [-0.1, -0.05) is 48.5 Å². The molecule has 0 spiro atoms. The Hall–Kier alpha value is -1.26. The lowest BCUT2D eigenvalue weighted by atomic mass is 9.95. The molecule has 1 saturated carbocycles. The van der Waals surface area contributed by atoms with Crippen LogP contribution in [-0.2, 0) is 20.7 Å². The third-order valence-corrected chi connectivity index (χ3v) is 4.43. The van der Waals surface area contributed by atoms with E-state index in [2.05, 4.69) is 5.32 Å². The predicted molar refractivity (Wildman–Crippen MR) is 86.1 cm³/mol. The highest BCUT2D eigenvalue weighted by atomic mass is 35.5. The van der Waals surface area contributed by atoms with Crippen LogP contribution in [0.1, 0.15) is 37.7 Å². The summed E-state index contributed by atoms with van der Waals surface area (Å²) < 4.78 is 4.99. The second kappa shape index (κ2) is 8.39. The van der Waals surface area contributed by atoms with Gasteiger partial charge < -0.3 is 10.1 Å². The highest BCUT2D eigenvalue weighted by Crippen LogP contribution is 2.24. The van der Waals surface area contributed by atoms with Crippen molar-refractivity contribution in [3.8, 4) is 0 Å². The molecule has 1 aliphatic carbocycles. The second-order valence-electron chi connectivity index (χ2n) is 5.44. The molecule has 0 heterocycles. The van der Waals surface area contributed by atoms with Crippen LogP contribution in [0, 0.1) is 0 Å². The first-order chi connectivity index (χ1) is 10.6. The summed E-state index contributed by atoms with van der Waals surface area (Å²) in [5, 5.41) is 3.72. The zero-order valence-corrected chi connectivity index (χ0v) is 13.8. The van der Waals surface area contributed by atoms with Crippen molar-refractivity contribution in [2.45, 2.75) is 44.6 Å². The number of hydrogen-bond acceptors (Lipinski definition) is 3. The zero-order chi connectivity index (χ0) is 15.9. The van der Waals surface area contributed by atoms with Gasteiger partial charge in [0, 0.05) is 21.7 Å². The molecular formula is C16H19Cl2NO3.